The third-order valence-corrected chi connectivity index (χ3v) is 3.82. The molecule has 2 nitrogen and oxygen atoms in total. The molecule has 0 aliphatic carbocycles. The van der Waals surface area contributed by atoms with E-state index >= 15 is 0 Å². The van der Waals surface area contributed by atoms with Crippen molar-refractivity contribution >= 4 is 28.4 Å². The van der Waals surface area contributed by atoms with Gasteiger partial charge in [-0.05, 0) is 30.2 Å². The molecule has 0 saturated carbocycles. The van der Waals surface area contributed by atoms with Crippen LogP contribution in [0, 0.1) is 5.92 Å². The van der Waals surface area contributed by atoms with Gasteiger partial charge < -0.3 is 5.73 Å². The van der Waals surface area contributed by atoms with Gasteiger partial charge in [0.2, 0.25) is 0 Å². The molecule has 1 heterocycles. The zero-order valence-electron chi connectivity index (χ0n) is 10.3. The van der Waals surface area contributed by atoms with E-state index in [0.717, 1.165) is 22.9 Å². The Morgan fingerprint density at radius 2 is 2.12 bits per heavy atom. The predicted molar refractivity (Wildman–Crippen MR) is 76.3 cm³/mol. The number of anilines is 1. The van der Waals surface area contributed by atoms with Crippen LogP contribution in [0.25, 0.3) is 10.9 Å². The van der Waals surface area contributed by atoms with Gasteiger partial charge in [-0.15, -0.1) is 11.8 Å². The molecule has 90 valence electrons. The molecule has 1 aromatic heterocycles. The summed E-state index contributed by atoms with van der Waals surface area (Å²) < 4.78 is 0. The quantitative estimate of drug-likeness (QED) is 0.655. The number of pyridine rings is 1. The Morgan fingerprint density at radius 3 is 2.88 bits per heavy atom. The molecule has 2 aromatic rings. The van der Waals surface area contributed by atoms with Crippen LogP contribution >= 0.6 is 11.8 Å². The molecule has 0 aliphatic rings. The Hall–Kier alpha value is -1.22. The highest BCUT2D eigenvalue weighted by Gasteiger charge is 2.05. The van der Waals surface area contributed by atoms with Gasteiger partial charge >= 0.3 is 0 Å². The second-order valence-electron chi connectivity index (χ2n) is 4.58. The SMILES string of the molecule is CC(C)CCSc1ccnc2c(N)cccc12. The highest BCUT2D eigenvalue weighted by molar-refractivity contribution is 7.99. The van der Waals surface area contributed by atoms with Gasteiger partial charge in [-0.1, -0.05) is 26.0 Å². The maximum absolute atomic E-state index is 5.93. The van der Waals surface area contributed by atoms with E-state index in [-0.39, 0.29) is 0 Å². The van der Waals surface area contributed by atoms with Gasteiger partial charge in [0.15, 0.2) is 0 Å². The minimum absolute atomic E-state index is 0.751. The third-order valence-electron chi connectivity index (χ3n) is 2.72. The van der Waals surface area contributed by atoms with Crippen molar-refractivity contribution in [2.75, 3.05) is 11.5 Å². The Kier molecular flexibility index (Phi) is 3.89. The van der Waals surface area contributed by atoms with Gasteiger partial charge in [-0.2, -0.15) is 0 Å². The number of nitrogens with two attached hydrogens (primary N) is 1. The number of fused-ring (bicyclic) bond motifs is 1. The second-order valence-corrected chi connectivity index (χ2v) is 5.72. The van der Waals surface area contributed by atoms with Crippen LogP contribution in [0.4, 0.5) is 5.69 Å². The maximum atomic E-state index is 5.93. The first kappa shape index (κ1) is 12.2. The van der Waals surface area contributed by atoms with Gasteiger partial charge in [-0.25, -0.2) is 0 Å². The predicted octanol–water partition coefficient (Wildman–Crippen LogP) is 3.96. The average Bonchev–Trinajstić information content (AvgIpc) is 2.30. The standard InChI is InChI=1S/C14H18N2S/c1-10(2)7-9-17-13-6-8-16-14-11(13)4-3-5-12(14)15/h3-6,8,10H,7,9,15H2,1-2H3. The Morgan fingerprint density at radius 1 is 1.29 bits per heavy atom. The van der Waals surface area contributed by atoms with Crippen LogP contribution < -0.4 is 5.73 Å². The van der Waals surface area contributed by atoms with E-state index in [4.69, 9.17) is 5.73 Å². The fraction of sp³-hybridized carbons (Fsp3) is 0.357. The van der Waals surface area contributed by atoms with E-state index in [1.54, 1.807) is 0 Å². The third kappa shape index (κ3) is 2.91. The summed E-state index contributed by atoms with van der Waals surface area (Å²) in [5, 5.41) is 1.17. The van der Waals surface area contributed by atoms with Crippen LogP contribution in [0.2, 0.25) is 0 Å². The van der Waals surface area contributed by atoms with Crippen LogP contribution in [0.5, 0.6) is 0 Å². The number of para-hydroxylation sites is 1. The van der Waals surface area contributed by atoms with Crippen molar-refractivity contribution in [3.05, 3.63) is 30.5 Å². The Bertz CT molecular complexity index is 509. The zero-order valence-corrected chi connectivity index (χ0v) is 11.1. The molecule has 0 unspecified atom stereocenters. The molecule has 2 rings (SSSR count). The van der Waals surface area contributed by atoms with Gasteiger partial charge in [0.25, 0.3) is 0 Å². The summed E-state index contributed by atoms with van der Waals surface area (Å²) >= 11 is 1.89. The van der Waals surface area contributed by atoms with Gasteiger partial charge in [0.1, 0.15) is 0 Å². The number of thioether (sulfide) groups is 1. The molecule has 0 aliphatic heterocycles. The van der Waals surface area contributed by atoms with Crippen molar-refractivity contribution in [3.63, 3.8) is 0 Å². The molecular formula is C14H18N2S. The normalized spacial score (nSPS) is 11.2. The highest BCUT2D eigenvalue weighted by Crippen LogP contribution is 2.29. The topological polar surface area (TPSA) is 38.9 Å². The molecular weight excluding hydrogens is 228 g/mol. The van der Waals surface area contributed by atoms with Crippen molar-refractivity contribution in [1.82, 2.24) is 4.98 Å². The van der Waals surface area contributed by atoms with Crippen LogP contribution in [0.3, 0.4) is 0 Å². The van der Waals surface area contributed by atoms with Crippen LogP contribution in [-0.2, 0) is 0 Å². The molecule has 0 radical (unpaired) electrons. The molecule has 0 spiro atoms. The molecule has 1 aromatic carbocycles. The van der Waals surface area contributed by atoms with E-state index in [1.165, 1.54) is 16.7 Å². The number of hydrogen-bond acceptors (Lipinski definition) is 3. The first-order chi connectivity index (χ1) is 8.18. The van der Waals surface area contributed by atoms with Crippen LogP contribution in [-0.4, -0.2) is 10.7 Å². The van der Waals surface area contributed by atoms with Crippen molar-refractivity contribution < 1.29 is 0 Å². The monoisotopic (exact) mass is 246 g/mol. The first-order valence-electron chi connectivity index (χ1n) is 5.94. The largest absolute Gasteiger partial charge is 0.397 e. The van der Waals surface area contributed by atoms with Gasteiger partial charge in [0, 0.05) is 16.5 Å². The lowest BCUT2D eigenvalue weighted by atomic mass is 10.2. The van der Waals surface area contributed by atoms with E-state index in [0.29, 0.717) is 0 Å². The smallest absolute Gasteiger partial charge is 0.0942 e. The highest BCUT2D eigenvalue weighted by atomic mass is 32.2. The lowest BCUT2D eigenvalue weighted by Gasteiger charge is -2.08. The lowest BCUT2D eigenvalue weighted by Crippen LogP contribution is -1.92. The number of aromatic nitrogens is 1. The average molecular weight is 246 g/mol. The van der Waals surface area contributed by atoms with Crippen molar-refractivity contribution in [2.24, 2.45) is 5.92 Å². The van der Waals surface area contributed by atoms with E-state index < -0.39 is 0 Å². The molecule has 0 amide bonds. The zero-order chi connectivity index (χ0) is 12.3. The molecule has 0 fully saturated rings. The second kappa shape index (κ2) is 5.41. The Balaban J connectivity index is 2.25. The number of nitrogen functional groups attached to an aromatic ring is 1. The summed E-state index contributed by atoms with van der Waals surface area (Å²) in [4.78, 5) is 5.63. The number of rotatable bonds is 4. The number of nitrogens with zero attached hydrogens (tertiary/aromatic N) is 1. The summed E-state index contributed by atoms with van der Waals surface area (Å²) in [5.41, 5.74) is 7.61. The van der Waals surface area contributed by atoms with Crippen molar-refractivity contribution in [2.45, 2.75) is 25.2 Å². The fourth-order valence-electron chi connectivity index (χ4n) is 1.70. The van der Waals surface area contributed by atoms with Crippen molar-refractivity contribution in [1.29, 1.82) is 0 Å². The molecule has 0 bridgehead atoms. The minimum atomic E-state index is 0.751. The van der Waals surface area contributed by atoms with Crippen LogP contribution in [0.1, 0.15) is 20.3 Å². The Labute approximate surface area is 107 Å². The first-order valence-corrected chi connectivity index (χ1v) is 6.93. The number of hydrogen-bond donors (Lipinski definition) is 1. The lowest BCUT2D eigenvalue weighted by molar-refractivity contribution is 0.632. The van der Waals surface area contributed by atoms with Gasteiger partial charge in [-0.3, -0.25) is 4.98 Å². The summed E-state index contributed by atoms with van der Waals surface area (Å²) in [7, 11) is 0. The molecule has 0 atom stereocenters. The molecule has 3 heteroatoms. The fourth-order valence-corrected chi connectivity index (χ4v) is 2.99. The summed E-state index contributed by atoms with van der Waals surface area (Å²) in [6.07, 6.45) is 3.08. The maximum Gasteiger partial charge on any atom is 0.0942 e. The number of benzene rings is 1. The summed E-state index contributed by atoms with van der Waals surface area (Å²) in [5.74, 6) is 1.90. The molecule has 0 saturated heterocycles. The van der Waals surface area contributed by atoms with E-state index in [9.17, 15) is 0 Å². The molecule has 17 heavy (non-hydrogen) atoms. The van der Waals surface area contributed by atoms with E-state index in [1.807, 2.05) is 30.1 Å². The van der Waals surface area contributed by atoms with Gasteiger partial charge in [0.05, 0.1) is 11.2 Å². The summed E-state index contributed by atoms with van der Waals surface area (Å²) in [6, 6.07) is 8.06. The van der Waals surface area contributed by atoms with Crippen molar-refractivity contribution in [3.8, 4) is 0 Å². The van der Waals surface area contributed by atoms with Crippen LogP contribution in [0.15, 0.2) is 35.4 Å². The molecule has 2 N–H and O–H groups in total. The minimum Gasteiger partial charge on any atom is -0.397 e. The van der Waals surface area contributed by atoms with E-state index in [2.05, 4.69) is 31.0 Å². The summed E-state index contributed by atoms with van der Waals surface area (Å²) in [6.45, 7) is 4.51.